The number of carboxylic acids is 1. The van der Waals surface area contributed by atoms with Crippen LogP contribution in [-0.2, 0) is 11.0 Å². The molecule has 0 aliphatic rings. The van der Waals surface area contributed by atoms with E-state index in [9.17, 15) is 22.8 Å². The SMILES string of the molecule is C/C=C/C(=O)Nc1ccc(C(F)(F)F)cc1C(=O)O. The number of allylic oxidation sites excluding steroid dienone is 1. The number of carboxylic acid groups (broad SMARTS) is 1. The monoisotopic (exact) mass is 273 g/mol. The van der Waals surface area contributed by atoms with E-state index >= 15 is 0 Å². The zero-order valence-corrected chi connectivity index (χ0v) is 9.78. The number of hydrogen-bond donors (Lipinski definition) is 2. The van der Waals surface area contributed by atoms with Gasteiger partial charge in [0.15, 0.2) is 0 Å². The molecule has 7 heteroatoms. The number of benzene rings is 1. The van der Waals surface area contributed by atoms with Crippen LogP contribution in [0.4, 0.5) is 18.9 Å². The Morgan fingerprint density at radius 2 is 1.95 bits per heavy atom. The van der Waals surface area contributed by atoms with Crippen molar-refractivity contribution in [2.24, 2.45) is 0 Å². The molecule has 0 saturated heterocycles. The van der Waals surface area contributed by atoms with Crippen LogP contribution in [0.15, 0.2) is 30.4 Å². The van der Waals surface area contributed by atoms with Crippen molar-refractivity contribution in [1.29, 1.82) is 0 Å². The van der Waals surface area contributed by atoms with Crippen molar-refractivity contribution in [3.8, 4) is 0 Å². The first-order valence-electron chi connectivity index (χ1n) is 5.14. The van der Waals surface area contributed by atoms with Gasteiger partial charge >= 0.3 is 12.1 Å². The second-order valence-corrected chi connectivity index (χ2v) is 3.55. The normalized spacial score (nSPS) is 11.6. The standard InChI is InChI=1S/C12H10F3NO3/c1-2-3-10(17)16-9-5-4-7(12(13,14)15)6-8(9)11(18)19/h2-6H,1H3,(H,16,17)(H,18,19)/b3-2+. The highest BCUT2D eigenvalue weighted by atomic mass is 19.4. The zero-order chi connectivity index (χ0) is 14.6. The second-order valence-electron chi connectivity index (χ2n) is 3.55. The number of anilines is 1. The second kappa shape index (κ2) is 5.55. The van der Waals surface area contributed by atoms with E-state index in [0.717, 1.165) is 12.1 Å². The lowest BCUT2D eigenvalue weighted by atomic mass is 10.1. The molecule has 1 amide bonds. The fourth-order valence-electron chi connectivity index (χ4n) is 1.33. The first kappa shape index (κ1) is 14.7. The summed E-state index contributed by atoms with van der Waals surface area (Å²) in [5, 5.41) is 11.1. The molecular weight excluding hydrogens is 263 g/mol. The number of amides is 1. The van der Waals surface area contributed by atoms with Crippen molar-refractivity contribution in [2.75, 3.05) is 5.32 Å². The number of carbonyl (C=O) groups excluding carboxylic acids is 1. The predicted molar refractivity (Wildman–Crippen MR) is 61.8 cm³/mol. The lowest BCUT2D eigenvalue weighted by molar-refractivity contribution is -0.137. The Morgan fingerprint density at radius 1 is 1.32 bits per heavy atom. The summed E-state index contributed by atoms with van der Waals surface area (Å²) in [6.07, 6.45) is -2.10. The quantitative estimate of drug-likeness (QED) is 0.832. The zero-order valence-electron chi connectivity index (χ0n) is 9.78. The fraction of sp³-hybridized carbons (Fsp3) is 0.167. The minimum absolute atomic E-state index is 0.191. The van der Waals surface area contributed by atoms with Crippen LogP contribution in [-0.4, -0.2) is 17.0 Å². The maximum Gasteiger partial charge on any atom is 0.416 e. The number of alkyl halides is 3. The van der Waals surface area contributed by atoms with Crippen molar-refractivity contribution in [2.45, 2.75) is 13.1 Å². The average molecular weight is 273 g/mol. The molecule has 0 atom stereocenters. The van der Waals surface area contributed by atoms with Gasteiger partial charge in [-0.25, -0.2) is 4.79 Å². The summed E-state index contributed by atoms with van der Waals surface area (Å²) in [4.78, 5) is 22.2. The van der Waals surface area contributed by atoms with Gasteiger partial charge in [0.1, 0.15) is 0 Å². The molecule has 0 spiro atoms. The van der Waals surface area contributed by atoms with Gasteiger partial charge in [-0.15, -0.1) is 0 Å². The van der Waals surface area contributed by atoms with E-state index in [1.165, 1.54) is 6.08 Å². The summed E-state index contributed by atoms with van der Waals surface area (Å²) in [6.45, 7) is 1.57. The smallest absolute Gasteiger partial charge is 0.416 e. The van der Waals surface area contributed by atoms with Gasteiger partial charge < -0.3 is 10.4 Å². The maximum absolute atomic E-state index is 12.5. The van der Waals surface area contributed by atoms with E-state index < -0.39 is 29.2 Å². The Labute approximate surface area is 106 Å². The summed E-state index contributed by atoms with van der Waals surface area (Å²) >= 11 is 0. The first-order valence-corrected chi connectivity index (χ1v) is 5.14. The molecular formula is C12H10F3NO3. The molecule has 0 saturated carbocycles. The third kappa shape index (κ3) is 3.84. The summed E-state index contributed by atoms with van der Waals surface area (Å²) in [5.41, 5.74) is -1.90. The van der Waals surface area contributed by atoms with Gasteiger partial charge in [0.25, 0.3) is 0 Å². The van der Waals surface area contributed by atoms with Crippen LogP contribution in [0.25, 0.3) is 0 Å². The first-order chi connectivity index (χ1) is 8.75. The Hall–Kier alpha value is -2.31. The van der Waals surface area contributed by atoms with Crippen molar-refractivity contribution in [3.05, 3.63) is 41.5 Å². The number of hydrogen-bond acceptors (Lipinski definition) is 2. The Kier molecular flexibility index (Phi) is 4.31. The van der Waals surface area contributed by atoms with Gasteiger partial charge in [0, 0.05) is 0 Å². The van der Waals surface area contributed by atoms with E-state index in [2.05, 4.69) is 5.32 Å². The Morgan fingerprint density at radius 3 is 2.42 bits per heavy atom. The van der Waals surface area contributed by atoms with Gasteiger partial charge in [-0.05, 0) is 31.2 Å². The summed E-state index contributed by atoms with van der Waals surface area (Å²) in [6, 6.07) is 2.10. The highest BCUT2D eigenvalue weighted by Crippen LogP contribution is 2.31. The van der Waals surface area contributed by atoms with E-state index in [1.54, 1.807) is 6.92 Å². The summed E-state index contributed by atoms with van der Waals surface area (Å²) < 4.78 is 37.4. The van der Waals surface area contributed by atoms with E-state index in [4.69, 9.17) is 5.11 Å². The molecule has 1 aromatic carbocycles. The Balaban J connectivity index is 3.19. The summed E-state index contributed by atoms with van der Waals surface area (Å²) in [7, 11) is 0. The molecule has 19 heavy (non-hydrogen) atoms. The third-order valence-corrected chi connectivity index (χ3v) is 2.15. The number of rotatable bonds is 3. The molecule has 102 valence electrons. The fourth-order valence-corrected chi connectivity index (χ4v) is 1.33. The minimum Gasteiger partial charge on any atom is -0.478 e. The van der Waals surface area contributed by atoms with Gasteiger partial charge in [-0.2, -0.15) is 13.2 Å². The molecule has 0 aliphatic heterocycles. The lowest BCUT2D eigenvalue weighted by Crippen LogP contribution is -2.14. The molecule has 0 aromatic heterocycles. The maximum atomic E-state index is 12.5. The average Bonchev–Trinajstić information content (AvgIpc) is 2.27. The number of aromatic carboxylic acids is 1. The van der Waals surface area contributed by atoms with E-state index in [-0.39, 0.29) is 5.69 Å². The minimum atomic E-state index is -4.64. The van der Waals surface area contributed by atoms with Crippen LogP contribution < -0.4 is 5.32 Å². The van der Waals surface area contributed by atoms with Crippen LogP contribution >= 0.6 is 0 Å². The highest BCUT2D eigenvalue weighted by molar-refractivity contribution is 6.04. The van der Waals surface area contributed by atoms with Crippen molar-refractivity contribution in [1.82, 2.24) is 0 Å². The van der Waals surface area contributed by atoms with Crippen LogP contribution in [0, 0.1) is 0 Å². The topological polar surface area (TPSA) is 66.4 Å². The number of nitrogens with one attached hydrogen (secondary N) is 1. The van der Waals surface area contributed by atoms with E-state index in [1.807, 2.05) is 0 Å². The third-order valence-electron chi connectivity index (χ3n) is 2.15. The largest absolute Gasteiger partial charge is 0.478 e. The predicted octanol–water partition coefficient (Wildman–Crippen LogP) is 2.92. The molecule has 0 bridgehead atoms. The molecule has 4 nitrogen and oxygen atoms in total. The van der Waals surface area contributed by atoms with Crippen molar-refractivity contribution >= 4 is 17.6 Å². The molecule has 0 unspecified atom stereocenters. The lowest BCUT2D eigenvalue weighted by Gasteiger charge is -2.11. The summed E-state index contributed by atoms with van der Waals surface area (Å²) in [5.74, 6) is -2.17. The van der Waals surface area contributed by atoms with Crippen LogP contribution in [0.2, 0.25) is 0 Å². The molecule has 2 N–H and O–H groups in total. The van der Waals surface area contributed by atoms with Crippen LogP contribution in [0.3, 0.4) is 0 Å². The number of carbonyl (C=O) groups is 2. The van der Waals surface area contributed by atoms with Crippen LogP contribution in [0.5, 0.6) is 0 Å². The highest BCUT2D eigenvalue weighted by Gasteiger charge is 2.31. The van der Waals surface area contributed by atoms with Crippen molar-refractivity contribution in [3.63, 3.8) is 0 Å². The molecule has 0 heterocycles. The molecule has 0 fully saturated rings. The molecule has 1 rings (SSSR count). The molecule has 0 aliphatic carbocycles. The van der Waals surface area contributed by atoms with Crippen molar-refractivity contribution < 1.29 is 27.9 Å². The van der Waals surface area contributed by atoms with Gasteiger partial charge in [0.05, 0.1) is 16.8 Å². The van der Waals surface area contributed by atoms with Gasteiger partial charge in [-0.3, -0.25) is 4.79 Å². The van der Waals surface area contributed by atoms with Crippen LogP contribution in [0.1, 0.15) is 22.8 Å². The van der Waals surface area contributed by atoms with Gasteiger partial charge in [0.2, 0.25) is 5.91 Å². The van der Waals surface area contributed by atoms with Gasteiger partial charge in [-0.1, -0.05) is 6.08 Å². The Bertz CT molecular complexity index is 536. The van der Waals surface area contributed by atoms with E-state index in [0.29, 0.717) is 12.1 Å². The molecule has 1 aromatic rings. The number of halogens is 3. The molecule has 0 radical (unpaired) electrons.